The van der Waals surface area contributed by atoms with Crippen LogP contribution < -0.4 is 10.6 Å². The highest BCUT2D eigenvalue weighted by Crippen LogP contribution is 2.15. The number of amides is 2. The number of carbonyl (C=O) groups excluding carboxylic acids is 3. The van der Waals surface area contributed by atoms with Crippen molar-refractivity contribution in [2.24, 2.45) is 0 Å². The largest absolute Gasteiger partial charge is 0.456 e. The summed E-state index contributed by atoms with van der Waals surface area (Å²) in [7, 11) is 0. The van der Waals surface area contributed by atoms with Crippen LogP contribution in [0.1, 0.15) is 27.2 Å². The number of ether oxygens (including phenoxy) is 2. The molecule has 0 aliphatic rings. The van der Waals surface area contributed by atoms with Gasteiger partial charge in [0.15, 0.2) is 6.61 Å². The van der Waals surface area contributed by atoms with Crippen molar-refractivity contribution in [2.75, 3.05) is 18.5 Å². The van der Waals surface area contributed by atoms with E-state index in [0.717, 1.165) is 4.47 Å². The average molecular weight is 401 g/mol. The molecule has 7 nitrogen and oxygen atoms in total. The third kappa shape index (κ3) is 9.14. The summed E-state index contributed by atoms with van der Waals surface area (Å²) in [5.74, 6) is -1.03. The maximum atomic E-state index is 11.7. The lowest BCUT2D eigenvalue weighted by Gasteiger charge is -2.19. The second kappa shape index (κ2) is 9.27. The van der Waals surface area contributed by atoms with Gasteiger partial charge in [0.2, 0.25) is 0 Å². The highest BCUT2D eigenvalue weighted by atomic mass is 79.9. The van der Waals surface area contributed by atoms with E-state index in [9.17, 15) is 14.4 Å². The van der Waals surface area contributed by atoms with Crippen LogP contribution in [0.25, 0.3) is 0 Å². The van der Waals surface area contributed by atoms with Crippen molar-refractivity contribution in [3.63, 3.8) is 0 Å². The third-order valence-corrected chi connectivity index (χ3v) is 2.96. The van der Waals surface area contributed by atoms with Crippen LogP contribution in [0.5, 0.6) is 0 Å². The van der Waals surface area contributed by atoms with Crippen molar-refractivity contribution in [1.82, 2.24) is 5.32 Å². The number of hydrogen-bond acceptors (Lipinski definition) is 5. The number of alkyl carbamates (subject to hydrolysis) is 1. The van der Waals surface area contributed by atoms with E-state index in [1.54, 1.807) is 39.0 Å². The first-order valence-electron chi connectivity index (χ1n) is 7.33. The maximum absolute atomic E-state index is 11.7. The smallest absolute Gasteiger partial charge is 0.407 e. The second-order valence-corrected chi connectivity index (χ2v) is 6.81. The van der Waals surface area contributed by atoms with Gasteiger partial charge in [-0.2, -0.15) is 0 Å². The molecule has 8 heteroatoms. The lowest BCUT2D eigenvalue weighted by molar-refractivity contribution is -0.147. The van der Waals surface area contributed by atoms with Crippen LogP contribution in [0.4, 0.5) is 10.5 Å². The van der Waals surface area contributed by atoms with Crippen LogP contribution in [0.15, 0.2) is 28.7 Å². The molecule has 132 valence electrons. The number of anilines is 1. The molecule has 24 heavy (non-hydrogen) atoms. The number of hydrogen-bond donors (Lipinski definition) is 2. The fraction of sp³-hybridized carbons (Fsp3) is 0.438. The number of carbonyl (C=O) groups is 3. The lowest BCUT2D eigenvalue weighted by atomic mass is 10.2. The molecule has 0 atom stereocenters. The molecule has 0 aromatic heterocycles. The van der Waals surface area contributed by atoms with E-state index < -0.39 is 30.2 Å². The van der Waals surface area contributed by atoms with Gasteiger partial charge in [0, 0.05) is 16.7 Å². The second-order valence-electron chi connectivity index (χ2n) is 5.90. The van der Waals surface area contributed by atoms with Gasteiger partial charge < -0.3 is 20.1 Å². The lowest BCUT2D eigenvalue weighted by Crippen LogP contribution is -2.34. The van der Waals surface area contributed by atoms with Gasteiger partial charge in [0.25, 0.3) is 5.91 Å². The zero-order valence-electron chi connectivity index (χ0n) is 13.8. The zero-order valence-corrected chi connectivity index (χ0v) is 15.4. The highest BCUT2D eigenvalue weighted by molar-refractivity contribution is 9.10. The predicted molar refractivity (Wildman–Crippen MR) is 92.6 cm³/mol. The van der Waals surface area contributed by atoms with Crippen molar-refractivity contribution in [3.05, 3.63) is 28.7 Å². The molecule has 0 aliphatic carbocycles. The monoisotopic (exact) mass is 400 g/mol. The highest BCUT2D eigenvalue weighted by Gasteiger charge is 2.16. The SMILES string of the molecule is CC(C)(C)OC(=O)NCCC(=O)OCC(=O)Nc1cccc(Br)c1. The van der Waals surface area contributed by atoms with E-state index >= 15 is 0 Å². The Morgan fingerprint density at radius 2 is 1.92 bits per heavy atom. The zero-order chi connectivity index (χ0) is 18.2. The Morgan fingerprint density at radius 1 is 1.21 bits per heavy atom. The van der Waals surface area contributed by atoms with Crippen LogP contribution in [0.3, 0.4) is 0 Å². The van der Waals surface area contributed by atoms with Gasteiger partial charge in [-0.25, -0.2) is 4.79 Å². The normalized spacial score (nSPS) is 10.7. The summed E-state index contributed by atoms with van der Waals surface area (Å²) >= 11 is 3.29. The first-order valence-corrected chi connectivity index (χ1v) is 8.13. The van der Waals surface area contributed by atoms with Crippen LogP contribution in [0.2, 0.25) is 0 Å². The molecule has 1 rings (SSSR count). The van der Waals surface area contributed by atoms with E-state index in [0.29, 0.717) is 5.69 Å². The molecule has 0 heterocycles. The minimum absolute atomic E-state index is 0.0522. The Kier molecular flexibility index (Phi) is 7.70. The van der Waals surface area contributed by atoms with E-state index in [2.05, 4.69) is 26.6 Å². The Hall–Kier alpha value is -2.09. The summed E-state index contributed by atoms with van der Waals surface area (Å²) in [4.78, 5) is 34.6. The molecular weight excluding hydrogens is 380 g/mol. The van der Waals surface area contributed by atoms with E-state index in [1.807, 2.05) is 6.07 Å². The molecular formula is C16H21BrN2O5. The molecule has 0 spiro atoms. The van der Waals surface area contributed by atoms with Crippen LogP contribution >= 0.6 is 15.9 Å². The Morgan fingerprint density at radius 3 is 2.54 bits per heavy atom. The number of benzene rings is 1. The van der Waals surface area contributed by atoms with Crippen LogP contribution in [-0.4, -0.2) is 36.7 Å². The first kappa shape index (κ1) is 20.0. The summed E-state index contributed by atoms with van der Waals surface area (Å²) in [6, 6.07) is 7.04. The van der Waals surface area contributed by atoms with Crippen molar-refractivity contribution in [3.8, 4) is 0 Å². The van der Waals surface area contributed by atoms with Crippen LogP contribution in [-0.2, 0) is 19.1 Å². The number of halogens is 1. The first-order chi connectivity index (χ1) is 11.2. The summed E-state index contributed by atoms with van der Waals surface area (Å²) < 4.78 is 10.7. The molecule has 2 amide bonds. The van der Waals surface area contributed by atoms with Gasteiger partial charge in [0.05, 0.1) is 6.42 Å². The predicted octanol–water partition coefficient (Wildman–Crippen LogP) is 2.85. The molecule has 0 fully saturated rings. The van der Waals surface area contributed by atoms with Crippen LogP contribution in [0, 0.1) is 0 Å². The van der Waals surface area contributed by atoms with E-state index in [1.165, 1.54) is 0 Å². The Labute approximate surface area is 149 Å². The number of rotatable bonds is 6. The molecule has 1 aromatic carbocycles. The average Bonchev–Trinajstić information content (AvgIpc) is 2.43. The summed E-state index contributed by atoms with van der Waals surface area (Å²) in [6.45, 7) is 4.90. The molecule has 0 aliphatic heterocycles. The summed E-state index contributed by atoms with van der Waals surface area (Å²) in [6.07, 6.45) is -0.661. The molecule has 2 N–H and O–H groups in total. The van der Waals surface area contributed by atoms with Crippen molar-refractivity contribution in [1.29, 1.82) is 0 Å². The molecule has 0 unspecified atom stereocenters. The van der Waals surface area contributed by atoms with Gasteiger partial charge in [0.1, 0.15) is 5.60 Å². The Bertz CT molecular complexity index is 598. The van der Waals surface area contributed by atoms with E-state index in [-0.39, 0.29) is 13.0 Å². The van der Waals surface area contributed by atoms with Crippen molar-refractivity contribution < 1.29 is 23.9 Å². The van der Waals surface area contributed by atoms with Gasteiger partial charge in [-0.1, -0.05) is 22.0 Å². The molecule has 1 aromatic rings. The summed E-state index contributed by atoms with van der Waals surface area (Å²) in [5, 5.41) is 5.04. The molecule has 0 saturated heterocycles. The molecule has 0 bridgehead atoms. The third-order valence-electron chi connectivity index (χ3n) is 2.47. The fourth-order valence-electron chi connectivity index (χ4n) is 1.56. The quantitative estimate of drug-likeness (QED) is 0.715. The maximum Gasteiger partial charge on any atom is 0.407 e. The van der Waals surface area contributed by atoms with Crippen molar-refractivity contribution in [2.45, 2.75) is 32.8 Å². The molecule has 0 saturated carbocycles. The van der Waals surface area contributed by atoms with E-state index in [4.69, 9.17) is 9.47 Å². The Balaban J connectivity index is 2.21. The standard InChI is InChI=1S/C16H21BrN2O5/c1-16(2,3)24-15(22)18-8-7-14(21)23-10-13(20)19-12-6-4-5-11(17)9-12/h4-6,9H,7-8,10H2,1-3H3,(H,18,22)(H,19,20). The fourth-order valence-corrected chi connectivity index (χ4v) is 1.96. The number of nitrogens with one attached hydrogen (secondary N) is 2. The molecule has 0 radical (unpaired) electrons. The van der Waals surface area contributed by atoms with Crippen molar-refractivity contribution >= 4 is 39.6 Å². The van der Waals surface area contributed by atoms with Gasteiger partial charge in [-0.05, 0) is 39.0 Å². The van der Waals surface area contributed by atoms with Gasteiger partial charge in [-0.15, -0.1) is 0 Å². The van der Waals surface area contributed by atoms with Gasteiger partial charge in [-0.3, -0.25) is 9.59 Å². The number of esters is 1. The van der Waals surface area contributed by atoms with Gasteiger partial charge >= 0.3 is 12.1 Å². The minimum Gasteiger partial charge on any atom is -0.456 e. The summed E-state index contributed by atoms with van der Waals surface area (Å²) in [5.41, 5.74) is -0.00761. The topological polar surface area (TPSA) is 93.7 Å². The minimum atomic E-state index is -0.609.